The average molecular weight is 359 g/mol. The molecule has 1 atom stereocenters. The van der Waals surface area contributed by atoms with Gasteiger partial charge < -0.3 is 14.8 Å². The minimum Gasteiger partial charge on any atom is -0.339 e. The van der Waals surface area contributed by atoms with Crippen molar-refractivity contribution in [2.24, 2.45) is 0 Å². The molecule has 8 heteroatoms. The van der Waals surface area contributed by atoms with Gasteiger partial charge in [-0.3, -0.25) is 19.3 Å². The SMILES string of the molecule is C=CCN1CC[C@]2(CCC1=O)CN(C(=O)c1c[nH]c(=O)cn1)CCN2C. The highest BCUT2D eigenvalue weighted by Gasteiger charge is 2.43. The number of H-pyrrole nitrogens is 1. The van der Waals surface area contributed by atoms with Gasteiger partial charge in [0.05, 0.1) is 6.20 Å². The molecule has 1 aromatic rings. The molecule has 0 aromatic carbocycles. The lowest BCUT2D eigenvalue weighted by molar-refractivity contribution is -0.130. The van der Waals surface area contributed by atoms with E-state index in [1.54, 1.807) is 11.0 Å². The molecule has 1 spiro atoms. The molecule has 2 amide bonds. The van der Waals surface area contributed by atoms with E-state index in [1.165, 1.54) is 6.20 Å². The van der Waals surface area contributed by atoms with E-state index in [0.29, 0.717) is 32.6 Å². The Kier molecular flexibility index (Phi) is 5.22. The van der Waals surface area contributed by atoms with Crippen LogP contribution in [0.2, 0.25) is 0 Å². The summed E-state index contributed by atoms with van der Waals surface area (Å²) in [6.07, 6.45) is 6.23. The Morgan fingerprint density at radius 3 is 2.85 bits per heavy atom. The molecular weight excluding hydrogens is 334 g/mol. The molecule has 140 valence electrons. The molecule has 26 heavy (non-hydrogen) atoms. The predicted molar refractivity (Wildman–Crippen MR) is 96.8 cm³/mol. The second kappa shape index (κ2) is 7.41. The zero-order valence-electron chi connectivity index (χ0n) is 15.1. The van der Waals surface area contributed by atoms with Gasteiger partial charge in [0.1, 0.15) is 5.69 Å². The molecule has 8 nitrogen and oxygen atoms in total. The Bertz CT molecular complexity index is 741. The third kappa shape index (κ3) is 3.55. The molecule has 0 unspecified atom stereocenters. The van der Waals surface area contributed by atoms with E-state index in [1.807, 2.05) is 4.90 Å². The molecule has 1 N–H and O–H groups in total. The molecule has 0 bridgehead atoms. The van der Waals surface area contributed by atoms with Gasteiger partial charge in [0, 0.05) is 50.9 Å². The van der Waals surface area contributed by atoms with Crippen LogP contribution in [0.4, 0.5) is 0 Å². The molecule has 2 aliphatic heterocycles. The molecule has 1 aromatic heterocycles. The summed E-state index contributed by atoms with van der Waals surface area (Å²) in [5.74, 6) is -0.0480. The first kappa shape index (κ1) is 18.3. The van der Waals surface area contributed by atoms with Crippen molar-refractivity contribution < 1.29 is 9.59 Å². The molecule has 2 fully saturated rings. The summed E-state index contributed by atoms with van der Waals surface area (Å²) in [6, 6.07) is 0. The first-order chi connectivity index (χ1) is 12.4. The van der Waals surface area contributed by atoms with Crippen LogP contribution in [0.1, 0.15) is 29.8 Å². The highest BCUT2D eigenvalue weighted by molar-refractivity contribution is 5.92. The quantitative estimate of drug-likeness (QED) is 0.773. The van der Waals surface area contributed by atoms with Gasteiger partial charge in [0.25, 0.3) is 11.5 Å². The van der Waals surface area contributed by atoms with Gasteiger partial charge in [0.2, 0.25) is 5.91 Å². The number of likely N-dealkylation sites (tertiary alicyclic amines) is 1. The third-order valence-electron chi connectivity index (χ3n) is 5.53. The maximum atomic E-state index is 12.8. The van der Waals surface area contributed by atoms with Crippen LogP contribution < -0.4 is 5.56 Å². The number of hydrogen-bond acceptors (Lipinski definition) is 5. The van der Waals surface area contributed by atoms with E-state index in [4.69, 9.17) is 0 Å². The van der Waals surface area contributed by atoms with Gasteiger partial charge >= 0.3 is 0 Å². The maximum Gasteiger partial charge on any atom is 0.274 e. The Morgan fingerprint density at radius 2 is 2.15 bits per heavy atom. The zero-order valence-corrected chi connectivity index (χ0v) is 15.1. The number of carbonyl (C=O) groups is 2. The van der Waals surface area contributed by atoms with Crippen molar-refractivity contribution in [2.75, 3.05) is 39.8 Å². The van der Waals surface area contributed by atoms with Crippen LogP contribution >= 0.6 is 0 Å². The second-order valence-electron chi connectivity index (χ2n) is 7.05. The smallest absolute Gasteiger partial charge is 0.274 e. The molecule has 2 aliphatic rings. The Hall–Kier alpha value is -2.48. The van der Waals surface area contributed by atoms with Gasteiger partial charge in [0.15, 0.2) is 0 Å². The number of amides is 2. The van der Waals surface area contributed by atoms with Gasteiger partial charge in [-0.25, -0.2) is 4.98 Å². The molecule has 2 saturated heterocycles. The predicted octanol–water partition coefficient (Wildman–Crippen LogP) is 0.0948. The van der Waals surface area contributed by atoms with Crippen LogP contribution in [-0.2, 0) is 4.79 Å². The minimum atomic E-state index is -0.332. The van der Waals surface area contributed by atoms with E-state index in [-0.39, 0.29) is 28.6 Å². The van der Waals surface area contributed by atoms with Crippen LogP contribution in [0.25, 0.3) is 0 Å². The van der Waals surface area contributed by atoms with Gasteiger partial charge in [-0.05, 0) is 19.9 Å². The van der Waals surface area contributed by atoms with Crippen molar-refractivity contribution in [3.63, 3.8) is 0 Å². The molecular formula is C18H25N5O3. The number of hydrogen-bond donors (Lipinski definition) is 1. The second-order valence-corrected chi connectivity index (χ2v) is 7.05. The van der Waals surface area contributed by atoms with Crippen molar-refractivity contribution in [3.05, 3.63) is 41.1 Å². The highest BCUT2D eigenvalue weighted by Crippen LogP contribution is 2.32. The number of piperazine rings is 1. The monoisotopic (exact) mass is 359 g/mol. The third-order valence-corrected chi connectivity index (χ3v) is 5.53. The number of nitrogens with zero attached hydrogens (tertiary/aromatic N) is 4. The average Bonchev–Trinajstić information content (AvgIpc) is 2.79. The van der Waals surface area contributed by atoms with E-state index in [2.05, 4.69) is 28.5 Å². The zero-order chi connectivity index (χ0) is 18.7. The Labute approximate surface area is 152 Å². The molecule has 3 heterocycles. The standard InChI is InChI=1S/C18H25N5O3/c1-3-7-22-8-6-18(5-4-16(22)25)13-23(10-9-21(18)2)17(26)14-11-20-15(24)12-19-14/h3,11-12H,1,4-10,13H2,2H3,(H,20,24)/t18-/m1/s1. The van der Waals surface area contributed by atoms with Gasteiger partial charge in [-0.15, -0.1) is 6.58 Å². The minimum absolute atomic E-state index is 0.140. The van der Waals surface area contributed by atoms with Crippen LogP contribution in [-0.4, -0.2) is 81.8 Å². The summed E-state index contributed by atoms with van der Waals surface area (Å²) in [7, 11) is 2.06. The summed E-state index contributed by atoms with van der Waals surface area (Å²) >= 11 is 0. The van der Waals surface area contributed by atoms with Crippen LogP contribution in [0.3, 0.4) is 0 Å². The first-order valence-corrected chi connectivity index (χ1v) is 8.89. The fraction of sp³-hybridized carbons (Fsp3) is 0.556. The van der Waals surface area contributed by atoms with Crippen LogP contribution in [0, 0.1) is 0 Å². The first-order valence-electron chi connectivity index (χ1n) is 8.89. The summed E-state index contributed by atoms with van der Waals surface area (Å²) in [6.45, 7) is 6.84. The number of carbonyl (C=O) groups excluding carboxylic acids is 2. The number of aromatic nitrogens is 2. The van der Waals surface area contributed by atoms with Crippen LogP contribution in [0.5, 0.6) is 0 Å². The van der Waals surface area contributed by atoms with Gasteiger partial charge in [-0.2, -0.15) is 0 Å². The van der Waals surface area contributed by atoms with Crippen molar-refractivity contribution in [3.8, 4) is 0 Å². The summed E-state index contributed by atoms with van der Waals surface area (Å²) in [5, 5.41) is 0. The number of rotatable bonds is 3. The normalized spacial score (nSPS) is 24.6. The summed E-state index contributed by atoms with van der Waals surface area (Å²) < 4.78 is 0. The van der Waals surface area contributed by atoms with Crippen molar-refractivity contribution >= 4 is 11.8 Å². The Morgan fingerprint density at radius 1 is 1.35 bits per heavy atom. The molecule has 3 rings (SSSR count). The van der Waals surface area contributed by atoms with E-state index < -0.39 is 0 Å². The van der Waals surface area contributed by atoms with E-state index >= 15 is 0 Å². The lowest BCUT2D eigenvalue weighted by atomic mass is 9.86. The molecule has 0 aliphatic carbocycles. The largest absolute Gasteiger partial charge is 0.339 e. The van der Waals surface area contributed by atoms with Crippen molar-refractivity contribution in [2.45, 2.75) is 24.8 Å². The topological polar surface area (TPSA) is 89.6 Å². The van der Waals surface area contributed by atoms with Crippen molar-refractivity contribution in [1.82, 2.24) is 24.7 Å². The Balaban J connectivity index is 1.78. The fourth-order valence-electron chi connectivity index (χ4n) is 3.84. The van der Waals surface area contributed by atoms with E-state index in [9.17, 15) is 14.4 Å². The highest BCUT2D eigenvalue weighted by atomic mass is 16.2. The summed E-state index contributed by atoms with van der Waals surface area (Å²) in [5.41, 5.74) is -0.315. The molecule has 0 saturated carbocycles. The summed E-state index contributed by atoms with van der Waals surface area (Å²) in [4.78, 5) is 48.6. The van der Waals surface area contributed by atoms with Gasteiger partial charge in [-0.1, -0.05) is 6.08 Å². The lowest BCUT2D eigenvalue weighted by Gasteiger charge is -2.49. The van der Waals surface area contributed by atoms with Crippen LogP contribution in [0.15, 0.2) is 29.8 Å². The maximum absolute atomic E-state index is 12.8. The number of nitrogens with one attached hydrogen (secondary N) is 1. The van der Waals surface area contributed by atoms with E-state index in [0.717, 1.165) is 25.6 Å². The fourth-order valence-corrected chi connectivity index (χ4v) is 3.84. The van der Waals surface area contributed by atoms with Crippen molar-refractivity contribution in [1.29, 1.82) is 0 Å². The lowest BCUT2D eigenvalue weighted by Crippen LogP contribution is -2.62. The number of aromatic amines is 1. The number of likely N-dealkylation sites (N-methyl/N-ethyl adjacent to an activating group) is 1. The molecule has 0 radical (unpaired) electrons.